The second kappa shape index (κ2) is 60.8. The van der Waals surface area contributed by atoms with Gasteiger partial charge in [0.25, 0.3) is 6.29 Å². The lowest BCUT2D eigenvalue weighted by molar-refractivity contribution is -0.870. The lowest BCUT2D eigenvalue weighted by atomic mass is 10.0. The molecule has 2 atom stereocenters. The molecule has 0 spiro atoms. The number of rotatable bonds is 61. The first-order chi connectivity index (χ1) is 38.6. The summed E-state index contributed by atoms with van der Waals surface area (Å²) in [4.78, 5) is 37.6. The summed E-state index contributed by atoms with van der Waals surface area (Å²) in [6, 6.07) is 0. The van der Waals surface area contributed by atoms with E-state index in [0.29, 0.717) is 17.4 Å². The van der Waals surface area contributed by atoms with Crippen LogP contribution in [0, 0.1) is 0 Å². The molecule has 0 aromatic carbocycles. The van der Waals surface area contributed by atoms with Gasteiger partial charge in [0.1, 0.15) is 13.2 Å². The fourth-order valence-corrected chi connectivity index (χ4v) is 9.43. The van der Waals surface area contributed by atoms with E-state index in [9.17, 15) is 19.5 Å². The Labute approximate surface area is 487 Å². The van der Waals surface area contributed by atoms with Crippen molar-refractivity contribution in [1.82, 2.24) is 0 Å². The van der Waals surface area contributed by atoms with Crippen LogP contribution in [0.3, 0.4) is 0 Å². The first-order valence-corrected chi connectivity index (χ1v) is 33.1. The number of quaternary nitrogens is 1. The highest BCUT2D eigenvalue weighted by molar-refractivity contribution is 5.71. The lowest BCUT2D eigenvalue weighted by Crippen LogP contribution is -2.40. The molecule has 0 radical (unpaired) electrons. The van der Waals surface area contributed by atoms with Crippen LogP contribution in [0.1, 0.15) is 296 Å². The number of hydrogen-bond acceptors (Lipinski definition) is 7. The molecule has 0 saturated carbocycles. The molecule has 0 heterocycles. The Balaban J connectivity index is 4.12. The standard InChI is InChI=1S/C70H125NO8/c1-6-8-10-12-14-16-18-20-22-24-26-28-29-30-31-32-33-34-35-36-37-38-39-41-43-45-47-49-51-53-55-57-59-61-68(73)79-66(65-78-70(69(74)75)76-63-62-71(3,4)5)64-77-67(72)60-58-56-54-52-50-48-46-44-42-40-27-25-23-21-19-17-15-13-11-9-7-2/h8,10,14,16,20,22,26,28,30-31,33-34,66,70H,6-7,9,11-13,15,17-19,21,23-25,27,29,32,35-65H2,1-5H3/p+1/b10-8-,16-14-,22-20-,28-26-,31-30-,34-33-. The minimum absolute atomic E-state index is 0.180. The highest BCUT2D eigenvalue weighted by Gasteiger charge is 2.25. The summed E-state index contributed by atoms with van der Waals surface area (Å²) in [7, 11) is 5.98. The zero-order valence-corrected chi connectivity index (χ0v) is 52.3. The van der Waals surface area contributed by atoms with Crippen molar-refractivity contribution in [3.63, 3.8) is 0 Å². The number of hydrogen-bond donors (Lipinski definition) is 1. The molecule has 458 valence electrons. The Kier molecular flexibility index (Phi) is 58.3. The predicted octanol–water partition coefficient (Wildman–Crippen LogP) is 20.1. The largest absolute Gasteiger partial charge is 0.477 e. The number of esters is 2. The van der Waals surface area contributed by atoms with Gasteiger partial charge in [0.15, 0.2) is 6.10 Å². The van der Waals surface area contributed by atoms with Crippen molar-refractivity contribution < 1.29 is 42.9 Å². The maximum Gasteiger partial charge on any atom is 0.361 e. The molecule has 0 saturated heterocycles. The van der Waals surface area contributed by atoms with Crippen molar-refractivity contribution in [3.05, 3.63) is 72.9 Å². The second-order valence-corrected chi connectivity index (χ2v) is 23.4. The molecule has 0 amide bonds. The number of likely N-dealkylation sites (N-methyl/N-ethyl adjacent to an activating group) is 1. The molecule has 0 aromatic rings. The average Bonchev–Trinajstić information content (AvgIpc) is 3.42. The van der Waals surface area contributed by atoms with Gasteiger partial charge in [-0.05, 0) is 64.2 Å². The first kappa shape index (κ1) is 75.7. The van der Waals surface area contributed by atoms with Crippen molar-refractivity contribution in [3.8, 4) is 0 Å². The van der Waals surface area contributed by atoms with Crippen LogP contribution < -0.4 is 0 Å². The number of aliphatic carboxylic acids is 1. The summed E-state index contributed by atoms with van der Waals surface area (Å²) in [5.41, 5.74) is 0. The van der Waals surface area contributed by atoms with E-state index in [-0.39, 0.29) is 32.2 Å². The lowest BCUT2D eigenvalue weighted by Gasteiger charge is -2.25. The molecule has 9 nitrogen and oxygen atoms in total. The highest BCUT2D eigenvalue weighted by atomic mass is 16.7. The maximum absolute atomic E-state index is 12.9. The Morgan fingerprint density at radius 2 is 0.722 bits per heavy atom. The number of nitrogens with zero attached hydrogens (tertiary/aromatic N) is 1. The van der Waals surface area contributed by atoms with Crippen molar-refractivity contribution >= 4 is 17.9 Å². The minimum atomic E-state index is -1.51. The molecule has 2 unspecified atom stereocenters. The maximum atomic E-state index is 12.9. The first-order valence-electron chi connectivity index (χ1n) is 33.1. The Morgan fingerprint density at radius 3 is 1.08 bits per heavy atom. The molecule has 9 heteroatoms. The highest BCUT2D eigenvalue weighted by Crippen LogP contribution is 2.18. The Hall–Kier alpha value is -3.27. The van der Waals surface area contributed by atoms with Crippen LogP contribution in [0.4, 0.5) is 0 Å². The SMILES string of the molecule is CC/C=C\C/C=C\C/C=C\C/C=C\C/C=C\C/C=C\CCCCCCCCCCCCCCCCC(=O)OC(COC(=O)CCCCCCCCCCCCCCCCCCCCCCC)COC(OCC[N+](C)(C)C)C(=O)O. The zero-order chi connectivity index (χ0) is 57.6. The predicted molar refractivity (Wildman–Crippen MR) is 336 cm³/mol. The van der Waals surface area contributed by atoms with Crippen LogP contribution in [0.5, 0.6) is 0 Å². The summed E-state index contributed by atoms with van der Waals surface area (Å²) in [5, 5.41) is 9.73. The third-order valence-corrected chi connectivity index (χ3v) is 14.5. The minimum Gasteiger partial charge on any atom is -0.477 e. The van der Waals surface area contributed by atoms with Gasteiger partial charge >= 0.3 is 17.9 Å². The van der Waals surface area contributed by atoms with Crippen LogP contribution in [0.2, 0.25) is 0 Å². The molecular formula is C70H126NO8+. The Morgan fingerprint density at radius 1 is 0.392 bits per heavy atom. The third-order valence-electron chi connectivity index (χ3n) is 14.5. The van der Waals surface area contributed by atoms with Crippen molar-refractivity contribution in [2.24, 2.45) is 0 Å². The van der Waals surface area contributed by atoms with Gasteiger partial charge in [0.05, 0.1) is 34.4 Å². The summed E-state index contributed by atoms with van der Waals surface area (Å²) in [6.45, 7) is 4.81. The molecule has 79 heavy (non-hydrogen) atoms. The van der Waals surface area contributed by atoms with Crippen LogP contribution in [-0.2, 0) is 33.3 Å². The summed E-state index contributed by atoms with van der Waals surface area (Å²) in [6.07, 6.45) is 77.1. The van der Waals surface area contributed by atoms with E-state index in [0.717, 1.165) is 77.0 Å². The quantitative estimate of drug-likeness (QED) is 0.0211. The van der Waals surface area contributed by atoms with E-state index in [1.165, 1.54) is 193 Å². The van der Waals surface area contributed by atoms with E-state index in [1.54, 1.807) is 0 Å². The van der Waals surface area contributed by atoms with E-state index >= 15 is 0 Å². The topological polar surface area (TPSA) is 108 Å². The van der Waals surface area contributed by atoms with E-state index in [2.05, 4.69) is 86.8 Å². The Bertz CT molecular complexity index is 1520. The third kappa shape index (κ3) is 62.2. The number of ether oxygens (including phenoxy) is 4. The van der Waals surface area contributed by atoms with Crippen LogP contribution in [0.15, 0.2) is 72.9 Å². The number of carbonyl (C=O) groups excluding carboxylic acids is 2. The molecule has 0 rings (SSSR count). The smallest absolute Gasteiger partial charge is 0.361 e. The summed E-state index contributed by atoms with van der Waals surface area (Å²) < 4.78 is 23.0. The van der Waals surface area contributed by atoms with E-state index < -0.39 is 24.3 Å². The molecule has 0 bridgehead atoms. The monoisotopic (exact) mass is 1110 g/mol. The van der Waals surface area contributed by atoms with Crippen molar-refractivity contribution in [2.75, 3.05) is 47.5 Å². The summed E-state index contributed by atoms with van der Waals surface area (Å²) >= 11 is 0. The van der Waals surface area contributed by atoms with Gasteiger partial charge in [-0.3, -0.25) is 9.59 Å². The van der Waals surface area contributed by atoms with Crippen LogP contribution in [-0.4, -0.2) is 87.4 Å². The van der Waals surface area contributed by atoms with Gasteiger partial charge in [-0.2, -0.15) is 0 Å². The van der Waals surface area contributed by atoms with E-state index in [4.69, 9.17) is 18.9 Å². The van der Waals surface area contributed by atoms with Gasteiger partial charge in [0, 0.05) is 12.8 Å². The molecule has 0 aliphatic carbocycles. The number of allylic oxidation sites excluding steroid dienone is 12. The number of unbranched alkanes of at least 4 members (excludes halogenated alkanes) is 34. The van der Waals surface area contributed by atoms with Crippen molar-refractivity contribution in [1.29, 1.82) is 0 Å². The van der Waals surface area contributed by atoms with Gasteiger partial charge in [-0.15, -0.1) is 0 Å². The molecule has 1 N–H and O–H groups in total. The molecule has 0 aromatic heterocycles. The summed E-state index contributed by atoms with van der Waals surface area (Å²) in [5.74, 6) is -1.99. The van der Waals surface area contributed by atoms with E-state index in [1.807, 2.05) is 21.1 Å². The van der Waals surface area contributed by atoms with Crippen LogP contribution in [0.25, 0.3) is 0 Å². The molecule has 0 aliphatic rings. The molecule has 0 fully saturated rings. The van der Waals surface area contributed by atoms with Crippen LogP contribution >= 0.6 is 0 Å². The fraction of sp³-hybridized carbons (Fsp3) is 0.786. The average molecular weight is 1110 g/mol. The van der Waals surface area contributed by atoms with Gasteiger partial charge in [0.2, 0.25) is 0 Å². The molecular weight excluding hydrogens is 983 g/mol. The molecule has 0 aliphatic heterocycles. The van der Waals surface area contributed by atoms with Gasteiger partial charge in [-0.1, -0.05) is 292 Å². The fourth-order valence-electron chi connectivity index (χ4n) is 9.43. The zero-order valence-electron chi connectivity index (χ0n) is 52.3. The number of carbonyl (C=O) groups is 3. The van der Waals surface area contributed by atoms with Crippen molar-refractivity contribution in [2.45, 2.75) is 309 Å². The van der Waals surface area contributed by atoms with Gasteiger partial charge < -0.3 is 28.5 Å². The van der Waals surface area contributed by atoms with Gasteiger partial charge in [-0.25, -0.2) is 4.79 Å². The normalized spacial score (nSPS) is 13.2. The second-order valence-electron chi connectivity index (χ2n) is 23.4. The number of carboxylic acid groups (broad SMARTS) is 1. The number of carboxylic acids is 1.